The highest BCUT2D eigenvalue weighted by molar-refractivity contribution is 6.32. The molecule has 0 bridgehead atoms. The van der Waals surface area contributed by atoms with Gasteiger partial charge in [0.1, 0.15) is 5.82 Å². The summed E-state index contributed by atoms with van der Waals surface area (Å²) in [6.45, 7) is 1.79. The predicted octanol–water partition coefficient (Wildman–Crippen LogP) is 3.58. The maximum atomic E-state index is 12.3. The highest BCUT2D eigenvalue weighted by atomic mass is 35.5. The van der Waals surface area contributed by atoms with E-state index in [1.807, 2.05) is 0 Å². The van der Waals surface area contributed by atoms with Crippen LogP contribution in [-0.4, -0.2) is 11.0 Å². The number of nitrogens with zero attached hydrogens (tertiary/aromatic N) is 1. The lowest BCUT2D eigenvalue weighted by Gasteiger charge is -2.14. The molecule has 1 aromatic rings. The Bertz CT molecular complexity index is 437. The number of pyridine rings is 1. The zero-order valence-electron chi connectivity index (χ0n) is 8.98. The lowest BCUT2D eigenvalue weighted by molar-refractivity contribution is -0.137. The molecule has 17 heavy (non-hydrogen) atoms. The van der Waals surface area contributed by atoms with Crippen LogP contribution in [0.1, 0.15) is 18.9 Å². The van der Waals surface area contributed by atoms with Gasteiger partial charge in [0.2, 0.25) is 0 Å². The molecular weight excluding hydrogens is 253 g/mol. The van der Waals surface area contributed by atoms with Crippen LogP contribution in [0.3, 0.4) is 0 Å². The molecule has 6 heteroatoms. The van der Waals surface area contributed by atoms with Crippen molar-refractivity contribution in [3.8, 4) is 12.3 Å². The van der Waals surface area contributed by atoms with Gasteiger partial charge in [-0.1, -0.05) is 11.6 Å². The number of hydrogen-bond donors (Lipinski definition) is 1. The Labute approximate surface area is 102 Å². The fourth-order valence-electron chi connectivity index (χ4n) is 1.16. The number of hydrogen-bond acceptors (Lipinski definition) is 2. The van der Waals surface area contributed by atoms with Crippen LogP contribution in [0.15, 0.2) is 12.3 Å². The van der Waals surface area contributed by atoms with E-state index in [9.17, 15) is 13.2 Å². The first-order chi connectivity index (χ1) is 7.84. The highest BCUT2D eigenvalue weighted by Crippen LogP contribution is 2.32. The maximum Gasteiger partial charge on any atom is 0.417 e. The number of aromatic nitrogens is 1. The zero-order chi connectivity index (χ0) is 13.1. The van der Waals surface area contributed by atoms with Gasteiger partial charge in [0.15, 0.2) is 0 Å². The van der Waals surface area contributed by atoms with Crippen LogP contribution in [0.2, 0.25) is 5.02 Å². The van der Waals surface area contributed by atoms with E-state index in [0.717, 1.165) is 12.3 Å². The van der Waals surface area contributed by atoms with E-state index >= 15 is 0 Å². The van der Waals surface area contributed by atoms with Crippen molar-refractivity contribution in [2.45, 2.75) is 25.6 Å². The summed E-state index contributed by atoms with van der Waals surface area (Å²) < 4.78 is 37.0. The fraction of sp³-hybridized carbons (Fsp3) is 0.364. The molecule has 0 fully saturated rings. The lowest BCUT2D eigenvalue weighted by atomic mass is 10.2. The molecule has 2 nitrogen and oxygen atoms in total. The number of nitrogens with one attached hydrogen (secondary N) is 1. The average Bonchev–Trinajstić information content (AvgIpc) is 2.20. The summed E-state index contributed by atoms with van der Waals surface area (Å²) in [5.41, 5.74) is -0.877. The summed E-state index contributed by atoms with van der Waals surface area (Å²) in [6, 6.07) is 0.723. The molecular formula is C11H10ClF3N2. The third kappa shape index (κ3) is 3.82. The summed E-state index contributed by atoms with van der Waals surface area (Å²) >= 11 is 5.70. The fourth-order valence-corrected chi connectivity index (χ4v) is 1.38. The van der Waals surface area contributed by atoms with Gasteiger partial charge >= 0.3 is 6.18 Å². The molecule has 0 saturated heterocycles. The van der Waals surface area contributed by atoms with E-state index in [2.05, 4.69) is 16.2 Å². The van der Waals surface area contributed by atoms with Gasteiger partial charge in [-0.2, -0.15) is 13.2 Å². The van der Waals surface area contributed by atoms with Gasteiger partial charge in [-0.25, -0.2) is 4.98 Å². The molecule has 1 N–H and O–H groups in total. The minimum atomic E-state index is -4.44. The Morgan fingerprint density at radius 3 is 2.71 bits per heavy atom. The Hall–Kier alpha value is -1.41. The first-order valence-corrected chi connectivity index (χ1v) is 5.15. The highest BCUT2D eigenvalue weighted by Gasteiger charge is 2.31. The van der Waals surface area contributed by atoms with Crippen molar-refractivity contribution in [1.82, 2.24) is 4.98 Å². The molecule has 0 aliphatic rings. The molecule has 0 aromatic carbocycles. The maximum absolute atomic E-state index is 12.3. The second kappa shape index (κ2) is 5.28. The first-order valence-electron chi connectivity index (χ1n) is 4.77. The molecule has 0 saturated carbocycles. The van der Waals surface area contributed by atoms with Gasteiger partial charge in [0.05, 0.1) is 10.6 Å². The van der Waals surface area contributed by atoms with Gasteiger partial charge in [-0.05, 0) is 13.0 Å². The van der Waals surface area contributed by atoms with Crippen LogP contribution < -0.4 is 5.32 Å². The van der Waals surface area contributed by atoms with Crippen LogP contribution in [0.5, 0.6) is 0 Å². The predicted molar refractivity (Wildman–Crippen MR) is 60.8 cm³/mol. The molecule has 92 valence electrons. The van der Waals surface area contributed by atoms with E-state index in [1.165, 1.54) is 0 Å². The molecule has 1 atom stereocenters. The molecule has 1 unspecified atom stereocenters. The Kier molecular flexibility index (Phi) is 4.24. The monoisotopic (exact) mass is 262 g/mol. The van der Waals surface area contributed by atoms with Crippen molar-refractivity contribution in [3.05, 3.63) is 22.8 Å². The van der Waals surface area contributed by atoms with Crippen molar-refractivity contribution in [2.24, 2.45) is 0 Å². The number of halogens is 4. The first kappa shape index (κ1) is 13.7. The molecule has 0 amide bonds. The van der Waals surface area contributed by atoms with Gasteiger partial charge in [0.25, 0.3) is 0 Å². The van der Waals surface area contributed by atoms with Gasteiger partial charge in [-0.3, -0.25) is 0 Å². The average molecular weight is 263 g/mol. The molecule has 0 spiro atoms. The van der Waals surface area contributed by atoms with Gasteiger partial charge in [0, 0.05) is 18.7 Å². The molecule has 1 rings (SSSR count). The van der Waals surface area contributed by atoms with Crippen LogP contribution in [0.4, 0.5) is 19.0 Å². The van der Waals surface area contributed by atoms with Gasteiger partial charge in [-0.15, -0.1) is 12.3 Å². The van der Waals surface area contributed by atoms with Crippen molar-refractivity contribution >= 4 is 17.4 Å². The van der Waals surface area contributed by atoms with E-state index < -0.39 is 11.7 Å². The van der Waals surface area contributed by atoms with E-state index in [4.69, 9.17) is 18.0 Å². The summed E-state index contributed by atoms with van der Waals surface area (Å²) in [6.07, 6.45) is 1.83. The van der Waals surface area contributed by atoms with Crippen LogP contribution in [0.25, 0.3) is 0 Å². The van der Waals surface area contributed by atoms with Gasteiger partial charge < -0.3 is 5.32 Å². The number of alkyl halides is 3. The molecule has 0 aliphatic carbocycles. The summed E-state index contributed by atoms with van der Waals surface area (Å²) in [5, 5.41) is 2.76. The number of rotatable bonds is 3. The molecule has 1 heterocycles. The Morgan fingerprint density at radius 1 is 1.59 bits per heavy atom. The van der Waals surface area contributed by atoms with Crippen LogP contribution >= 0.6 is 11.6 Å². The Balaban J connectivity index is 2.88. The molecule has 0 aliphatic heterocycles. The van der Waals surface area contributed by atoms with Crippen molar-refractivity contribution in [1.29, 1.82) is 0 Å². The smallest absolute Gasteiger partial charge is 0.365 e. The van der Waals surface area contributed by atoms with E-state index in [1.54, 1.807) is 6.92 Å². The number of anilines is 1. The van der Waals surface area contributed by atoms with Crippen molar-refractivity contribution in [3.63, 3.8) is 0 Å². The van der Waals surface area contributed by atoms with Crippen LogP contribution in [-0.2, 0) is 6.18 Å². The summed E-state index contributed by atoms with van der Waals surface area (Å²) in [4.78, 5) is 3.64. The van der Waals surface area contributed by atoms with E-state index in [-0.39, 0.29) is 16.9 Å². The number of terminal acetylenes is 1. The topological polar surface area (TPSA) is 24.9 Å². The van der Waals surface area contributed by atoms with Crippen LogP contribution in [0, 0.1) is 12.3 Å². The summed E-state index contributed by atoms with van der Waals surface area (Å²) in [7, 11) is 0. The second-order valence-electron chi connectivity index (χ2n) is 3.51. The normalized spacial score (nSPS) is 12.9. The molecule has 1 aromatic heterocycles. The minimum absolute atomic E-state index is 0.0799. The van der Waals surface area contributed by atoms with Crippen molar-refractivity contribution in [2.75, 3.05) is 5.32 Å². The second-order valence-corrected chi connectivity index (χ2v) is 3.91. The molecule has 0 radical (unpaired) electrons. The lowest BCUT2D eigenvalue weighted by Crippen LogP contribution is -2.16. The third-order valence-electron chi connectivity index (χ3n) is 1.98. The standard InChI is InChI=1S/C11H10ClF3N2/c1-3-4-7(2)17-10-9(12)5-8(6-16-10)11(13,14)15/h1,5-7H,4H2,2H3,(H,16,17). The quantitative estimate of drug-likeness (QED) is 0.843. The largest absolute Gasteiger partial charge is 0.417 e. The minimum Gasteiger partial charge on any atom is -0.365 e. The summed E-state index contributed by atoms with van der Waals surface area (Å²) in [5.74, 6) is 2.63. The Morgan fingerprint density at radius 2 is 2.24 bits per heavy atom. The van der Waals surface area contributed by atoms with Crippen molar-refractivity contribution < 1.29 is 13.2 Å². The zero-order valence-corrected chi connectivity index (χ0v) is 9.73. The van der Waals surface area contributed by atoms with E-state index in [0.29, 0.717) is 6.42 Å². The third-order valence-corrected chi connectivity index (χ3v) is 2.26. The SMILES string of the molecule is C#CCC(C)Nc1ncc(C(F)(F)F)cc1Cl.